The summed E-state index contributed by atoms with van der Waals surface area (Å²) in [7, 11) is -2.56. The van der Waals surface area contributed by atoms with Gasteiger partial charge in [0.25, 0.3) is 10.0 Å². The van der Waals surface area contributed by atoms with Crippen molar-refractivity contribution in [3.05, 3.63) is 71.3 Å². The molecular weight excluding hydrogens is 414 g/mol. The van der Waals surface area contributed by atoms with E-state index >= 15 is 0 Å². The van der Waals surface area contributed by atoms with E-state index in [1.165, 1.54) is 13.2 Å². The van der Waals surface area contributed by atoms with Gasteiger partial charge in [0.1, 0.15) is 5.75 Å². The number of aliphatic hydroxyl groups is 1. The molecule has 0 radical (unpaired) electrons. The molecule has 0 fully saturated rings. The summed E-state index contributed by atoms with van der Waals surface area (Å²) in [5, 5.41) is 11.9. The average Bonchev–Trinajstić information content (AvgIpc) is 3.17. The molecule has 0 heterocycles. The van der Waals surface area contributed by atoms with Crippen molar-refractivity contribution in [3.8, 4) is 5.75 Å². The SMILES string of the molecule is COc1ccc(C(C)(C)O)c2c1C(C(=O)NS(=O)(=O)c1cccc3ccccc13)CC2. The highest BCUT2D eigenvalue weighted by Gasteiger charge is 2.37. The predicted octanol–water partition coefficient (Wildman–Crippen LogP) is 3.61. The molecular formula is C24H25NO5S. The van der Waals surface area contributed by atoms with Crippen LogP contribution in [-0.2, 0) is 26.8 Å². The molecule has 1 aliphatic carbocycles. The molecule has 6 nitrogen and oxygen atoms in total. The van der Waals surface area contributed by atoms with Gasteiger partial charge in [-0.25, -0.2) is 13.1 Å². The van der Waals surface area contributed by atoms with Crippen LogP contribution in [0.2, 0.25) is 0 Å². The van der Waals surface area contributed by atoms with Gasteiger partial charge in [0.2, 0.25) is 5.91 Å². The number of rotatable bonds is 5. The summed E-state index contributed by atoms with van der Waals surface area (Å²) in [6.07, 6.45) is 0.994. The molecule has 1 amide bonds. The Balaban J connectivity index is 1.71. The van der Waals surface area contributed by atoms with E-state index < -0.39 is 27.4 Å². The number of hydrogen-bond acceptors (Lipinski definition) is 5. The van der Waals surface area contributed by atoms with E-state index in [-0.39, 0.29) is 4.90 Å². The molecule has 0 aromatic heterocycles. The Labute approximate surface area is 181 Å². The topological polar surface area (TPSA) is 92.7 Å². The summed E-state index contributed by atoms with van der Waals surface area (Å²) in [4.78, 5) is 13.2. The molecule has 3 aromatic rings. The number of amides is 1. The van der Waals surface area contributed by atoms with Crippen molar-refractivity contribution >= 4 is 26.7 Å². The number of methoxy groups -OCH3 is 1. The van der Waals surface area contributed by atoms with Crippen molar-refractivity contribution < 1.29 is 23.1 Å². The molecule has 162 valence electrons. The van der Waals surface area contributed by atoms with Crippen molar-refractivity contribution in [1.29, 1.82) is 0 Å². The Kier molecular flexibility index (Phi) is 5.27. The monoisotopic (exact) mass is 439 g/mol. The first-order valence-corrected chi connectivity index (χ1v) is 11.6. The fraction of sp³-hybridized carbons (Fsp3) is 0.292. The van der Waals surface area contributed by atoms with Gasteiger partial charge in [-0.15, -0.1) is 0 Å². The van der Waals surface area contributed by atoms with E-state index in [1.807, 2.05) is 18.2 Å². The van der Waals surface area contributed by atoms with Gasteiger partial charge in [-0.3, -0.25) is 4.79 Å². The van der Waals surface area contributed by atoms with Gasteiger partial charge in [-0.05, 0) is 55.3 Å². The van der Waals surface area contributed by atoms with Crippen LogP contribution in [0.15, 0.2) is 59.5 Å². The predicted molar refractivity (Wildman–Crippen MR) is 119 cm³/mol. The summed E-state index contributed by atoms with van der Waals surface area (Å²) in [5.74, 6) is -0.766. The number of hydrogen-bond donors (Lipinski definition) is 2. The average molecular weight is 440 g/mol. The first kappa shape index (κ1) is 21.3. The zero-order chi connectivity index (χ0) is 22.4. The number of carbonyl (C=O) groups is 1. The first-order valence-electron chi connectivity index (χ1n) is 10.1. The molecule has 2 N–H and O–H groups in total. The first-order chi connectivity index (χ1) is 14.6. The summed E-state index contributed by atoms with van der Waals surface area (Å²) < 4.78 is 33.9. The van der Waals surface area contributed by atoms with Crippen molar-refractivity contribution in [1.82, 2.24) is 4.72 Å². The highest BCUT2D eigenvalue weighted by Crippen LogP contribution is 2.44. The quantitative estimate of drug-likeness (QED) is 0.634. The standard InChI is InChI=1S/C24H25NO5S/c1-24(2,27)19-13-14-20(30-3)22-17(19)11-12-18(22)23(26)25-31(28,29)21-10-6-8-15-7-4-5-9-16(15)21/h4-10,13-14,18,27H,11-12H2,1-3H3,(H,25,26). The number of carbonyl (C=O) groups excluding carboxylic acids is 1. The van der Waals surface area contributed by atoms with E-state index in [0.29, 0.717) is 29.5 Å². The van der Waals surface area contributed by atoms with Gasteiger partial charge < -0.3 is 9.84 Å². The molecule has 0 spiro atoms. The molecule has 0 saturated heterocycles. The maximum Gasteiger partial charge on any atom is 0.264 e. The molecule has 1 aliphatic rings. The number of nitrogens with one attached hydrogen (secondary N) is 1. The zero-order valence-electron chi connectivity index (χ0n) is 17.7. The minimum atomic E-state index is -4.07. The highest BCUT2D eigenvalue weighted by atomic mass is 32.2. The maximum absolute atomic E-state index is 13.2. The van der Waals surface area contributed by atoms with Gasteiger partial charge in [0, 0.05) is 10.9 Å². The van der Waals surface area contributed by atoms with E-state index in [2.05, 4.69) is 4.72 Å². The Bertz CT molecular complexity index is 1270. The van der Waals surface area contributed by atoms with Gasteiger partial charge in [-0.1, -0.05) is 42.5 Å². The Morgan fingerprint density at radius 1 is 1.10 bits per heavy atom. The van der Waals surface area contributed by atoms with Crippen LogP contribution in [0.1, 0.15) is 42.9 Å². The fourth-order valence-corrected chi connectivity index (χ4v) is 5.68. The van der Waals surface area contributed by atoms with Crippen LogP contribution in [0.25, 0.3) is 10.8 Å². The molecule has 0 saturated carbocycles. The van der Waals surface area contributed by atoms with Crippen molar-refractivity contribution in [3.63, 3.8) is 0 Å². The van der Waals surface area contributed by atoms with Crippen LogP contribution in [0.5, 0.6) is 5.75 Å². The minimum absolute atomic E-state index is 0.0642. The van der Waals surface area contributed by atoms with Crippen molar-refractivity contribution in [2.75, 3.05) is 7.11 Å². The zero-order valence-corrected chi connectivity index (χ0v) is 18.5. The number of sulfonamides is 1. The second-order valence-corrected chi connectivity index (χ2v) is 9.96. The van der Waals surface area contributed by atoms with E-state index in [0.717, 1.165) is 16.5 Å². The summed E-state index contributed by atoms with van der Waals surface area (Å²) in [6, 6.07) is 15.6. The highest BCUT2D eigenvalue weighted by molar-refractivity contribution is 7.90. The molecule has 1 atom stereocenters. The summed E-state index contributed by atoms with van der Waals surface area (Å²) in [6.45, 7) is 3.38. The Hall–Kier alpha value is -2.90. The molecule has 0 bridgehead atoms. The fourth-order valence-electron chi connectivity index (χ4n) is 4.43. The lowest BCUT2D eigenvalue weighted by atomic mass is 9.89. The lowest BCUT2D eigenvalue weighted by Gasteiger charge is -2.23. The van der Waals surface area contributed by atoms with Gasteiger partial charge >= 0.3 is 0 Å². The number of ether oxygens (including phenoxy) is 1. The van der Waals surface area contributed by atoms with Crippen LogP contribution in [0.3, 0.4) is 0 Å². The van der Waals surface area contributed by atoms with E-state index in [1.54, 1.807) is 44.2 Å². The minimum Gasteiger partial charge on any atom is -0.496 e. The lowest BCUT2D eigenvalue weighted by Crippen LogP contribution is -2.34. The molecule has 31 heavy (non-hydrogen) atoms. The van der Waals surface area contributed by atoms with Crippen LogP contribution in [-0.4, -0.2) is 26.5 Å². The maximum atomic E-state index is 13.2. The van der Waals surface area contributed by atoms with Crippen LogP contribution < -0.4 is 9.46 Å². The number of benzene rings is 3. The molecule has 4 rings (SSSR count). The van der Waals surface area contributed by atoms with Gasteiger partial charge in [0.15, 0.2) is 0 Å². The third kappa shape index (κ3) is 3.79. The lowest BCUT2D eigenvalue weighted by molar-refractivity contribution is -0.120. The van der Waals surface area contributed by atoms with Crippen molar-refractivity contribution in [2.24, 2.45) is 0 Å². The summed E-state index contributed by atoms with van der Waals surface area (Å²) in [5.41, 5.74) is 1.12. The third-order valence-corrected chi connectivity index (χ3v) is 7.22. The largest absolute Gasteiger partial charge is 0.496 e. The third-order valence-electron chi connectivity index (χ3n) is 5.82. The van der Waals surface area contributed by atoms with Gasteiger partial charge in [0.05, 0.1) is 23.5 Å². The smallest absolute Gasteiger partial charge is 0.264 e. The second-order valence-electron chi connectivity index (χ2n) is 8.30. The van der Waals surface area contributed by atoms with Gasteiger partial charge in [-0.2, -0.15) is 0 Å². The summed E-state index contributed by atoms with van der Waals surface area (Å²) >= 11 is 0. The number of fused-ring (bicyclic) bond motifs is 2. The second kappa shape index (κ2) is 7.66. The van der Waals surface area contributed by atoms with Crippen LogP contribution in [0.4, 0.5) is 0 Å². The van der Waals surface area contributed by atoms with Crippen molar-refractivity contribution in [2.45, 2.75) is 43.1 Å². The normalized spacial score (nSPS) is 16.2. The Morgan fingerprint density at radius 3 is 2.52 bits per heavy atom. The Morgan fingerprint density at radius 2 is 1.81 bits per heavy atom. The molecule has 1 unspecified atom stereocenters. The molecule has 0 aliphatic heterocycles. The van der Waals surface area contributed by atoms with E-state index in [4.69, 9.17) is 4.74 Å². The molecule has 7 heteroatoms. The van der Waals surface area contributed by atoms with Crippen LogP contribution >= 0.6 is 0 Å². The molecule has 3 aromatic carbocycles. The van der Waals surface area contributed by atoms with E-state index in [9.17, 15) is 18.3 Å². The van der Waals surface area contributed by atoms with Crippen LogP contribution in [0, 0.1) is 0 Å².